The van der Waals surface area contributed by atoms with E-state index in [0.29, 0.717) is 16.8 Å². The number of cyclic esters (lactones) is 1. The average Bonchev–Trinajstić information content (AvgIpc) is 3.08. The van der Waals surface area contributed by atoms with Crippen molar-refractivity contribution in [2.24, 2.45) is 0 Å². The van der Waals surface area contributed by atoms with Gasteiger partial charge in [0.2, 0.25) is 0 Å². The van der Waals surface area contributed by atoms with Crippen LogP contribution in [0.15, 0.2) is 66.1 Å². The summed E-state index contributed by atoms with van der Waals surface area (Å²) in [4.78, 5) is 28.7. The summed E-state index contributed by atoms with van der Waals surface area (Å²) >= 11 is 0. The number of para-hydroxylation sites is 1. The standard InChI is InChI=1S/C25H25NO6/c1-4-30-19(27)14-18-21(16-12-8-9-13-17(16)26-18)20(15-10-6-5-7-11-15)22-23(28)31-25(2,3)32-24(22)29/h5-13,20,26,28H,4,14H2,1-3H3/p-1. The number of nitrogens with one attached hydrogen (secondary N) is 1. The molecule has 0 radical (unpaired) electrons. The maximum Gasteiger partial charge on any atom is 0.338 e. The summed E-state index contributed by atoms with van der Waals surface area (Å²) in [5.41, 5.74) is 2.55. The lowest BCUT2D eigenvalue weighted by molar-refractivity contribution is -0.394. The van der Waals surface area contributed by atoms with Crippen molar-refractivity contribution >= 4 is 22.8 Å². The summed E-state index contributed by atoms with van der Waals surface area (Å²) in [5.74, 6) is -4.05. The van der Waals surface area contributed by atoms with Crippen LogP contribution in [0.1, 0.15) is 43.5 Å². The van der Waals surface area contributed by atoms with E-state index in [1.165, 1.54) is 13.8 Å². The van der Waals surface area contributed by atoms with Crippen molar-refractivity contribution in [3.05, 3.63) is 82.9 Å². The van der Waals surface area contributed by atoms with Gasteiger partial charge in [-0.15, -0.1) is 0 Å². The van der Waals surface area contributed by atoms with Crippen LogP contribution in [-0.4, -0.2) is 29.3 Å². The van der Waals surface area contributed by atoms with Gasteiger partial charge < -0.3 is 24.3 Å². The summed E-state index contributed by atoms with van der Waals surface area (Å²) in [5, 5.41) is 13.8. The zero-order chi connectivity index (χ0) is 22.9. The minimum absolute atomic E-state index is 0.0376. The first-order chi connectivity index (χ1) is 15.3. The summed E-state index contributed by atoms with van der Waals surface area (Å²) < 4.78 is 16.0. The van der Waals surface area contributed by atoms with Crippen molar-refractivity contribution in [3.8, 4) is 0 Å². The normalized spacial score (nSPS) is 16.4. The van der Waals surface area contributed by atoms with Crippen LogP contribution >= 0.6 is 0 Å². The number of aromatic amines is 1. The van der Waals surface area contributed by atoms with Gasteiger partial charge in [0.05, 0.1) is 24.5 Å². The van der Waals surface area contributed by atoms with Gasteiger partial charge in [0.15, 0.2) is 5.79 Å². The topological polar surface area (TPSA) is 101 Å². The fraction of sp³-hybridized carbons (Fsp3) is 0.280. The quantitative estimate of drug-likeness (QED) is 0.598. The van der Waals surface area contributed by atoms with E-state index in [0.717, 1.165) is 10.9 Å². The van der Waals surface area contributed by atoms with Crippen LogP contribution in [0.25, 0.3) is 10.9 Å². The molecule has 1 aliphatic heterocycles. The molecule has 2 aromatic carbocycles. The number of carbonyl (C=O) groups excluding carboxylic acids is 2. The van der Waals surface area contributed by atoms with Crippen molar-refractivity contribution < 1.29 is 28.9 Å². The third-order valence-electron chi connectivity index (χ3n) is 5.28. The number of fused-ring (bicyclic) bond motifs is 1. The molecule has 0 bridgehead atoms. The maximum absolute atomic E-state index is 13.0. The number of esters is 2. The monoisotopic (exact) mass is 434 g/mol. The lowest BCUT2D eigenvalue weighted by Gasteiger charge is -2.41. The molecule has 4 rings (SSSR count). The van der Waals surface area contributed by atoms with E-state index in [4.69, 9.17) is 14.2 Å². The Labute approximate surface area is 185 Å². The highest BCUT2D eigenvalue weighted by atomic mass is 16.8. The smallest absolute Gasteiger partial charge is 0.338 e. The summed E-state index contributed by atoms with van der Waals surface area (Å²) in [6.45, 7) is 5.01. The number of hydrogen-bond donors (Lipinski definition) is 1. The zero-order valence-electron chi connectivity index (χ0n) is 18.1. The molecular weight excluding hydrogens is 410 g/mol. The second-order valence-corrected chi connectivity index (χ2v) is 7.98. The largest absolute Gasteiger partial charge is 0.575 e. The number of rotatable bonds is 6. The molecule has 7 heteroatoms. The molecule has 1 unspecified atom stereocenters. The van der Waals surface area contributed by atoms with Gasteiger partial charge >= 0.3 is 11.9 Å². The van der Waals surface area contributed by atoms with E-state index in [2.05, 4.69) is 4.98 Å². The van der Waals surface area contributed by atoms with E-state index >= 15 is 0 Å². The molecule has 0 fully saturated rings. The molecular formula is C25H24NO6-. The van der Waals surface area contributed by atoms with Crippen molar-refractivity contribution in [1.82, 2.24) is 4.98 Å². The van der Waals surface area contributed by atoms with Crippen LogP contribution in [0.5, 0.6) is 0 Å². The Balaban J connectivity index is 1.97. The zero-order valence-corrected chi connectivity index (χ0v) is 18.1. The number of ether oxygens (including phenoxy) is 3. The van der Waals surface area contributed by atoms with Gasteiger partial charge in [0, 0.05) is 22.5 Å². The van der Waals surface area contributed by atoms with Gasteiger partial charge in [-0.1, -0.05) is 48.5 Å². The van der Waals surface area contributed by atoms with Crippen LogP contribution in [0.2, 0.25) is 0 Å². The van der Waals surface area contributed by atoms with E-state index in [9.17, 15) is 14.7 Å². The number of benzene rings is 2. The van der Waals surface area contributed by atoms with Crippen molar-refractivity contribution in [2.75, 3.05) is 6.61 Å². The van der Waals surface area contributed by atoms with Crippen LogP contribution in [0, 0.1) is 0 Å². The van der Waals surface area contributed by atoms with Gasteiger partial charge in [0.25, 0.3) is 0 Å². The third-order valence-corrected chi connectivity index (χ3v) is 5.28. The second kappa shape index (κ2) is 8.42. The Morgan fingerprint density at radius 1 is 1.09 bits per heavy atom. The van der Waals surface area contributed by atoms with Gasteiger partial charge in [-0.05, 0) is 38.0 Å². The van der Waals surface area contributed by atoms with Gasteiger partial charge in [-0.25, -0.2) is 4.79 Å². The number of H-pyrrole nitrogens is 1. The molecule has 1 N–H and O–H groups in total. The molecule has 1 atom stereocenters. The molecule has 1 aromatic heterocycles. The molecule has 32 heavy (non-hydrogen) atoms. The minimum Gasteiger partial charge on any atom is -0.575 e. The molecule has 0 saturated heterocycles. The van der Waals surface area contributed by atoms with Gasteiger partial charge in [0.1, 0.15) is 0 Å². The molecule has 3 aromatic rings. The van der Waals surface area contributed by atoms with E-state index in [1.807, 2.05) is 54.6 Å². The summed E-state index contributed by atoms with van der Waals surface area (Å²) in [6.07, 6.45) is -0.0376. The lowest BCUT2D eigenvalue weighted by atomic mass is 9.82. The minimum atomic E-state index is -1.35. The SMILES string of the molecule is CCOC(=O)Cc1[nH]c2ccccc2c1C(C1=C([O-])OC(C)(C)OC1=O)c1ccccc1. The van der Waals surface area contributed by atoms with E-state index < -0.39 is 29.6 Å². The van der Waals surface area contributed by atoms with Gasteiger partial charge in [-0.2, -0.15) is 0 Å². The highest BCUT2D eigenvalue weighted by Crippen LogP contribution is 2.42. The number of hydrogen-bond acceptors (Lipinski definition) is 6. The van der Waals surface area contributed by atoms with E-state index in [-0.39, 0.29) is 18.6 Å². The predicted octanol–water partition coefficient (Wildman–Crippen LogP) is 3.29. The summed E-state index contributed by atoms with van der Waals surface area (Å²) in [7, 11) is 0. The number of carbonyl (C=O) groups is 2. The first-order valence-corrected chi connectivity index (χ1v) is 10.4. The first-order valence-electron chi connectivity index (χ1n) is 10.4. The van der Waals surface area contributed by atoms with Crippen LogP contribution in [0.4, 0.5) is 0 Å². The van der Waals surface area contributed by atoms with Gasteiger partial charge in [-0.3, -0.25) is 4.79 Å². The van der Waals surface area contributed by atoms with Crippen LogP contribution in [-0.2, 0) is 30.2 Å². The molecule has 0 aliphatic carbocycles. The Kier molecular flexibility index (Phi) is 5.65. The Morgan fingerprint density at radius 3 is 2.47 bits per heavy atom. The maximum atomic E-state index is 13.0. The molecule has 2 heterocycles. The summed E-state index contributed by atoms with van der Waals surface area (Å²) in [6, 6.07) is 16.6. The Morgan fingerprint density at radius 2 is 1.78 bits per heavy atom. The predicted molar refractivity (Wildman–Crippen MR) is 115 cm³/mol. The third kappa shape index (κ3) is 4.06. The molecule has 0 amide bonds. The highest BCUT2D eigenvalue weighted by molar-refractivity contribution is 5.96. The first kappa shape index (κ1) is 21.5. The highest BCUT2D eigenvalue weighted by Gasteiger charge is 2.37. The molecule has 7 nitrogen and oxygen atoms in total. The fourth-order valence-electron chi connectivity index (χ4n) is 4.06. The Bertz CT molecular complexity index is 1190. The number of aromatic nitrogens is 1. The molecule has 1 aliphatic rings. The van der Waals surface area contributed by atoms with E-state index in [1.54, 1.807) is 6.92 Å². The van der Waals surface area contributed by atoms with Crippen LogP contribution < -0.4 is 5.11 Å². The second-order valence-electron chi connectivity index (χ2n) is 7.98. The lowest BCUT2D eigenvalue weighted by Crippen LogP contribution is -2.41. The molecule has 166 valence electrons. The van der Waals surface area contributed by atoms with Crippen molar-refractivity contribution in [1.29, 1.82) is 0 Å². The fourth-order valence-corrected chi connectivity index (χ4v) is 4.06. The van der Waals surface area contributed by atoms with Crippen molar-refractivity contribution in [3.63, 3.8) is 0 Å². The molecule has 0 saturated carbocycles. The molecule has 0 spiro atoms. The van der Waals surface area contributed by atoms with Crippen LogP contribution in [0.3, 0.4) is 0 Å². The average molecular weight is 434 g/mol. The Hall–Kier alpha value is -3.74. The van der Waals surface area contributed by atoms with Crippen molar-refractivity contribution in [2.45, 2.75) is 38.9 Å².